The summed E-state index contributed by atoms with van der Waals surface area (Å²) in [5.74, 6) is 2.41. The summed E-state index contributed by atoms with van der Waals surface area (Å²) in [6.07, 6.45) is 3.71. The van der Waals surface area contributed by atoms with Gasteiger partial charge in [0.05, 0.1) is 0 Å². The number of rotatable bonds is 7. The Labute approximate surface area is 125 Å². The average molecular weight is 289 g/mol. The van der Waals surface area contributed by atoms with E-state index >= 15 is 0 Å². The van der Waals surface area contributed by atoms with Crippen molar-refractivity contribution in [1.82, 2.24) is 25.1 Å². The fourth-order valence-electron chi connectivity index (χ4n) is 1.82. The third-order valence-corrected chi connectivity index (χ3v) is 3.02. The van der Waals surface area contributed by atoms with Crippen molar-refractivity contribution in [3.63, 3.8) is 0 Å². The van der Waals surface area contributed by atoms with E-state index < -0.39 is 0 Å². The Morgan fingerprint density at radius 1 is 1.24 bits per heavy atom. The minimum Gasteiger partial charge on any atom is -0.354 e. The third-order valence-electron chi connectivity index (χ3n) is 3.02. The summed E-state index contributed by atoms with van der Waals surface area (Å²) in [4.78, 5) is 15.2. The van der Waals surface area contributed by atoms with E-state index in [4.69, 9.17) is 0 Å². The van der Waals surface area contributed by atoms with E-state index in [1.165, 1.54) is 0 Å². The van der Waals surface area contributed by atoms with Crippen LogP contribution in [0.5, 0.6) is 0 Å². The van der Waals surface area contributed by atoms with Crippen LogP contribution in [0.15, 0.2) is 12.3 Å². The van der Waals surface area contributed by atoms with Crippen LogP contribution in [-0.2, 0) is 6.42 Å². The highest BCUT2D eigenvalue weighted by atomic mass is 15.3. The monoisotopic (exact) mass is 289 g/mol. The number of aryl methyl sites for hydroxylation is 1. The van der Waals surface area contributed by atoms with E-state index in [0.717, 1.165) is 30.9 Å². The van der Waals surface area contributed by atoms with Gasteiger partial charge in [-0.05, 0) is 18.9 Å². The van der Waals surface area contributed by atoms with Crippen molar-refractivity contribution < 1.29 is 0 Å². The van der Waals surface area contributed by atoms with E-state index in [9.17, 15) is 0 Å². The minimum absolute atomic E-state index is 0.275. The predicted octanol–water partition coefficient (Wildman–Crippen LogP) is 1.83. The van der Waals surface area contributed by atoms with Gasteiger partial charge in [0.1, 0.15) is 5.82 Å². The molecular formula is C14H23N7. The fourth-order valence-corrected chi connectivity index (χ4v) is 1.82. The molecule has 0 radical (unpaired) electrons. The lowest BCUT2D eigenvalue weighted by Gasteiger charge is -2.14. The molecule has 7 nitrogen and oxygen atoms in total. The molecule has 0 bridgehead atoms. The molecule has 0 spiro atoms. The molecule has 0 amide bonds. The lowest BCUT2D eigenvalue weighted by molar-refractivity contribution is 0.749. The predicted molar refractivity (Wildman–Crippen MR) is 83.6 cm³/mol. The topological polar surface area (TPSA) is 82.6 Å². The number of aromatic amines is 1. The van der Waals surface area contributed by atoms with Crippen molar-refractivity contribution in [3.8, 4) is 0 Å². The van der Waals surface area contributed by atoms with E-state index in [-0.39, 0.29) is 5.92 Å². The molecule has 0 saturated heterocycles. The molecule has 2 heterocycles. The number of aromatic nitrogens is 5. The lowest BCUT2D eigenvalue weighted by Crippen LogP contribution is -2.17. The second kappa shape index (κ2) is 7.01. The van der Waals surface area contributed by atoms with Gasteiger partial charge in [0, 0.05) is 38.4 Å². The SMILES string of the molecule is CC(C)c1nc(NCCCc2ccn[nH]2)nc(N(C)C)n1. The first-order valence-electron chi connectivity index (χ1n) is 7.21. The standard InChI is InChI=1S/C14H23N7/c1-10(2)12-17-13(19-14(18-12)21(3)4)15-8-5-6-11-7-9-16-20-11/h7,9-10H,5-6,8H2,1-4H3,(H,16,20)(H,15,17,18,19). The van der Waals surface area contributed by atoms with Crippen molar-refractivity contribution in [2.75, 3.05) is 30.9 Å². The smallest absolute Gasteiger partial charge is 0.229 e. The molecule has 0 saturated carbocycles. The Kier molecular flexibility index (Phi) is 5.08. The molecule has 2 aromatic rings. The Hall–Kier alpha value is -2.18. The summed E-state index contributed by atoms with van der Waals surface area (Å²) >= 11 is 0. The number of hydrogen-bond acceptors (Lipinski definition) is 6. The maximum Gasteiger partial charge on any atom is 0.229 e. The molecule has 0 aliphatic rings. The first-order chi connectivity index (χ1) is 10.1. The van der Waals surface area contributed by atoms with Crippen LogP contribution in [-0.4, -0.2) is 45.8 Å². The van der Waals surface area contributed by atoms with Crippen LogP contribution < -0.4 is 10.2 Å². The molecule has 2 aromatic heterocycles. The molecule has 114 valence electrons. The molecule has 2 N–H and O–H groups in total. The van der Waals surface area contributed by atoms with Crippen LogP contribution in [0.3, 0.4) is 0 Å². The molecular weight excluding hydrogens is 266 g/mol. The van der Waals surface area contributed by atoms with Gasteiger partial charge in [0.15, 0.2) is 0 Å². The first-order valence-corrected chi connectivity index (χ1v) is 7.21. The number of nitrogens with one attached hydrogen (secondary N) is 2. The number of hydrogen-bond donors (Lipinski definition) is 2. The molecule has 0 aliphatic carbocycles. The second-order valence-electron chi connectivity index (χ2n) is 5.48. The summed E-state index contributed by atoms with van der Waals surface area (Å²) < 4.78 is 0. The molecule has 21 heavy (non-hydrogen) atoms. The molecule has 7 heteroatoms. The maximum absolute atomic E-state index is 4.47. The fraction of sp³-hybridized carbons (Fsp3) is 0.571. The third kappa shape index (κ3) is 4.40. The van der Waals surface area contributed by atoms with Gasteiger partial charge < -0.3 is 10.2 Å². The number of anilines is 2. The van der Waals surface area contributed by atoms with Crippen LogP contribution in [0.4, 0.5) is 11.9 Å². The molecule has 0 atom stereocenters. The Bertz CT molecular complexity index is 522. The van der Waals surface area contributed by atoms with E-state index in [2.05, 4.69) is 44.3 Å². The summed E-state index contributed by atoms with van der Waals surface area (Å²) in [5.41, 5.74) is 1.14. The second-order valence-corrected chi connectivity index (χ2v) is 5.48. The summed E-state index contributed by atoms with van der Waals surface area (Å²) in [6.45, 7) is 4.97. The van der Waals surface area contributed by atoms with Crippen molar-refractivity contribution >= 4 is 11.9 Å². The highest BCUT2D eigenvalue weighted by molar-refractivity contribution is 5.36. The largest absolute Gasteiger partial charge is 0.354 e. The van der Waals surface area contributed by atoms with Gasteiger partial charge in [-0.2, -0.15) is 20.1 Å². The lowest BCUT2D eigenvalue weighted by atomic mass is 10.2. The zero-order valence-electron chi connectivity index (χ0n) is 13.1. The van der Waals surface area contributed by atoms with E-state index in [1.54, 1.807) is 6.20 Å². The van der Waals surface area contributed by atoms with Crippen molar-refractivity contribution in [1.29, 1.82) is 0 Å². The Morgan fingerprint density at radius 2 is 2.05 bits per heavy atom. The van der Waals surface area contributed by atoms with Gasteiger partial charge in [0.2, 0.25) is 11.9 Å². The van der Waals surface area contributed by atoms with Crippen LogP contribution in [0.2, 0.25) is 0 Å². The van der Waals surface area contributed by atoms with Crippen LogP contribution in [0.1, 0.15) is 37.7 Å². The van der Waals surface area contributed by atoms with Gasteiger partial charge in [-0.15, -0.1) is 0 Å². The van der Waals surface area contributed by atoms with Crippen molar-refractivity contribution in [2.45, 2.75) is 32.6 Å². The Balaban J connectivity index is 1.95. The molecule has 0 aromatic carbocycles. The molecule has 0 aliphatic heterocycles. The van der Waals surface area contributed by atoms with Gasteiger partial charge in [-0.25, -0.2) is 0 Å². The van der Waals surface area contributed by atoms with Gasteiger partial charge in [0.25, 0.3) is 0 Å². The van der Waals surface area contributed by atoms with Crippen molar-refractivity contribution in [3.05, 3.63) is 23.8 Å². The van der Waals surface area contributed by atoms with Gasteiger partial charge >= 0.3 is 0 Å². The molecule has 2 rings (SSSR count). The molecule has 0 fully saturated rings. The zero-order valence-corrected chi connectivity index (χ0v) is 13.1. The first kappa shape index (κ1) is 15.2. The summed E-state index contributed by atoms with van der Waals surface area (Å²) in [6, 6.07) is 1.99. The highest BCUT2D eigenvalue weighted by Crippen LogP contribution is 2.14. The average Bonchev–Trinajstić information content (AvgIpc) is 2.96. The van der Waals surface area contributed by atoms with E-state index in [1.807, 2.05) is 25.1 Å². The van der Waals surface area contributed by atoms with E-state index in [0.29, 0.717) is 11.9 Å². The quantitative estimate of drug-likeness (QED) is 0.757. The number of H-pyrrole nitrogens is 1. The maximum atomic E-state index is 4.47. The van der Waals surface area contributed by atoms with Crippen molar-refractivity contribution in [2.24, 2.45) is 0 Å². The Morgan fingerprint density at radius 3 is 2.67 bits per heavy atom. The van der Waals surface area contributed by atoms with Crippen LogP contribution >= 0.6 is 0 Å². The van der Waals surface area contributed by atoms with Gasteiger partial charge in [-0.3, -0.25) is 5.10 Å². The zero-order chi connectivity index (χ0) is 15.2. The highest BCUT2D eigenvalue weighted by Gasteiger charge is 2.10. The normalized spacial score (nSPS) is 10.9. The minimum atomic E-state index is 0.275. The summed E-state index contributed by atoms with van der Waals surface area (Å²) in [5, 5.41) is 10.2. The van der Waals surface area contributed by atoms with Gasteiger partial charge in [-0.1, -0.05) is 13.8 Å². The van der Waals surface area contributed by atoms with Crippen LogP contribution in [0.25, 0.3) is 0 Å². The summed E-state index contributed by atoms with van der Waals surface area (Å²) in [7, 11) is 3.86. The molecule has 0 unspecified atom stereocenters. The van der Waals surface area contributed by atoms with Crippen LogP contribution in [0, 0.1) is 0 Å². The number of nitrogens with zero attached hydrogens (tertiary/aromatic N) is 5.